The van der Waals surface area contributed by atoms with Crippen LogP contribution in [-0.2, 0) is 20.7 Å². The Morgan fingerprint density at radius 2 is 1.94 bits per heavy atom. The molecule has 1 aliphatic rings. The van der Waals surface area contributed by atoms with E-state index in [2.05, 4.69) is 25.4 Å². The van der Waals surface area contributed by atoms with E-state index in [1.807, 2.05) is 12.1 Å². The van der Waals surface area contributed by atoms with Gasteiger partial charge in [0.2, 0.25) is 11.8 Å². The lowest BCUT2D eigenvalue weighted by molar-refractivity contribution is -0.127. The van der Waals surface area contributed by atoms with Crippen LogP contribution in [0.25, 0.3) is 0 Å². The van der Waals surface area contributed by atoms with E-state index in [4.69, 9.17) is 9.15 Å². The molecule has 0 aliphatic carbocycles. The van der Waals surface area contributed by atoms with Gasteiger partial charge in [-0.1, -0.05) is 0 Å². The van der Waals surface area contributed by atoms with Gasteiger partial charge in [0.1, 0.15) is 12.3 Å². The van der Waals surface area contributed by atoms with Gasteiger partial charge in [0, 0.05) is 66.9 Å². The molecule has 1 saturated heterocycles. The van der Waals surface area contributed by atoms with Gasteiger partial charge >= 0.3 is 0 Å². The molecule has 2 amide bonds. The Kier molecular flexibility index (Phi) is 13.2. The summed E-state index contributed by atoms with van der Waals surface area (Å²) < 4.78 is 10.3. The fourth-order valence-corrected chi connectivity index (χ4v) is 2.97. The number of furan rings is 1. The lowest BCUT2D eigenvalue weighted by Gasteiger charge is -2.36. The first-order valence-electron chi connectivity index (χ1n) is 10.2. The van der Waals surface area contributed by atoms with Crippen molar-refractivity contribution in [3.8, 4) is 0 Å². The zero-order valence-corrected chi connectivity index (χ0v) is 21.0. The van der Waals surface area contributed by atoms with Crippen molar-refractivity contribution < 1.29 is 18.7 Å². The SMILES string of the molecule is COCCNC(=O)CN1CCN(C(=NCC(=O)N(C)C)NCCc2ccco2)CC1.I. The van der Waals surface area contributed by atoms with Crippen LogP contribution in [0.2, 0.25) is 0 Å². The van der Waals surface area contributed by atoms with Crippen LogP contribution in [0, 0.1) is 0 Å². The number of methoxy groups -OCH3 is 1. The van der Waals surface area contributed by atoms with Gasteiger partial charge in [-0.05, 0) is 12.1 Å². The minimum absolute atomic E-state index is 0. The molecule has 11 heteroatoms. The summed E-state index contributed by atoms with van der Waals surface area (Å²) in [5.74, 6) is 1.56. The van der Waals surface area contributed by atoms with E-state index < -0.39 is 0 Å². The lowest BCUT2D eigenvalue weighted by atomic mass is 10.3. The highest BCUT2D eigenvalue weighted by molar-refractivity contribution is 14.0. The van der Waals surface area contributed by atoms with Crippen LogP contribution in [0.3, 0.4) is 0 Å². The maximum atomic E-state index is 12.0. The predicted octanol–water partition coefficient (Wildman–Crippen LogP) is -0.146. The molecule has 1 aromatic rings. The number of nitrogens with zero attached hydrogens (tertiary/aromatic N) is 4. The number of piperazine rings is 1. The molecule has 10 nitrogen and oxygen atoms in total. The summed E-state index contributed by atoms with van der Waals surface area (Å²) in [4.78, 5) is 34.3. The zero-order chi connectivity index (χ0) is 21.8. The Bertz CT molecular complexity index is 675. The monoisotopic (exact) mass is 550 g/mol. The van der Waals surface area contributed by atoms with Gasteiger partial charge < -0.3 is 29.6 Å². The Morgan fingerprint density at radius 1 is 1.19 bits per heavy atom. The number of halogens is 1. The summed E-state index contributed by atoms with van der Waals surface area (Å²) in [6.45, 7) is 5.11. The van der Waals surface area contributed by atoms with Crippen LogP contribution in [0.4, 0.5) is 0 Å². The summed E-state index contributed by atoms with van der Waals surface area (Å²) in [5.41, 5.74) is 0. The van der Waals surface area contributed by atoms with E-state index >= 15 is 0 Å². The average molecular weight is 550 g/mol. The number of likely N-dealkylation sites (N-methyl/N-ethyl adjacent to an activating group) is 1. The zero-order valence-electron chi connectivity index (χ0n) is 18.6. The molecular weight excluding hydrogens is 515 g/mol. The van der Waals surface area contributed by atoms with Crippen LogP contribution in [0.5, 0.6) is 0 Å². The molecule has 2 N–H and O–H groups in total. The minimum Gasteiger partial charge on any atom is -0.469 e. The van der Waals surface area contributed by atoms with Gasteiger partial charge in [0.25, 0.3) is 0 Å². The van der Waals surface area contributed by atoms with Crippen LogP contribution < -0.4 is 10.6 Å². The lowest BCUT2D eigenvalue weighted by Crippen LogP contribution is -2.54. The molecule has 1 aromatic heterocycles. The molecule has 1 fully saturated rings. The van der Waals surface area contributed by atoms with Crippen molar-refractivity contribution in [1.82, 2.24) is 25.3 Å². The highest BCUT2D eigenvalue weighted by Crippen LogP contribution is 2.04. The molecule has 0 saturated carbocycles. The van der Waals surface area contributed by atoms with Crippen molar-refractivity contribution in [3.63, 3.8) is 0 Å². The third-order valence-electron chi connectivity index (χ3n) is 4.76. The Hall–Kier alpha value is -1.86. The summed E-state index contributed by atoms with van der Waals surface area (Å²) in [5, 5.41) is 6.19. The first-order valence-corrected chi connectivity index (χ1v) is 10.2. The molecule has 0 aromatic carbocycles. The Morgan fingerprint density at radius 3 is 2.55 bits per heavy atom. The second kappa shape index (κ2) is 15.0. The molecule has 2 heterocycles. The molecule has 0 spiro atoms. The second-order valence-corrected chi connectivity index (χ2v) is 7.29. The van der Waals surface area contributed by atoms with Crippen molar-refractivity contribution in [1.29, 1.82) is 0 Å². The Balaban J connectivity index is 0.00000480. The maximum absolute atomic E-state index is 12.0. The van der Waals surface area contributed by atoms with Crippen molar-refractivity contribution in [2.24, 2.45) is 4.99 Å². The van der Waals surface area contributed by atoms with Crippen molar-refractivity contribution in [2.75, 3.05) is 80.2 Å². The number of hydrogen-bond acceptors (Lipinski definition) is 6. The fraction of sp³-hybridized carbons (Fsp3) is 0.650. The van der Waals surface area contributed by atoms with Gasteiger partial charge in [-0.2, -0.15) is 0 Å². The van der Waals surface area contributed by atoms with Gasteiger partial charge in [0.15, 0.2) is 5.96 Å². The summed E-state index contributed by atoms with van der Waals surface area (Å²) in [6.07, 6.45) is 2.39. The van der Waals surface area contributed by atoms with Crippen LogP contribution in [0.1, 0.15) is 5.76 Å². The topological polar surface area (TPSA) is 103 Å². The number of nitrogens with one attached hydrogen (secondary N) is 2. The summed E-state index contributed by atoms with van der Waals surface area (Å²) in [6, 6.07) is 3.80. The average Bonchev–Trinajstić information content (AvgIpc) is 3.24. The first-order chi connectivity index (χ1) is 14.5. The van der Waals surface area contributed by atoms with Crippen LogP contribution in [-0.4, -0.2) is 113 Å². The van der Waals surface area contributed by atoms with Crippen molar-refractivity contribution in [2.45, 2.75) is 6.42 Å². The smallest absolute Gasteiger partial charge is 0.243 e. The second-order valence-electron chi connectivity index (χ2n) is 7.29. The van der Waals surface area contributed by atoms with E-state index in [-0.39, 0.29) is 42.3 Å². The van der Waals surface area contributed by atoms with Crippen molar-refractivity contribution in [3.05, 3.63) is 24.2 Å². The molecule has 1 aliphatic heterocycles. The molecule has 31 heavy (non-hydrogen) atoms. The maximum Gasteiger partial charge on any atom is 0.243 e. The van der Waals surface area contributed by atoms with Gasteiger partial charge in [-0.15, -0.1) is 24.0 Å². The van der Waals surface area contributed by atoms with E-state index in [0.29, 0.717) is 32.2 Å². The van der Waals surface area contributed by atoms with E-state index in [1.165, 1.54) is 4.90 Å². The Labute approximate surface area is 201 Å². The number of guanidine groups is 1. The number of carbonyl (C=O) groups excluding carboxylic acids is 2. The molecule has 0 radical (unpaired) electrons. The highest BCUT2D eigenvalue weighted by Gasteiger charge is 2.21. The standard InChI is InChI=1S/C20H34N6O4.HI/c1-24(2)19(28)15-23-20(22-7-6-17-5-4-13-30-17)26-11-9-25(10-12-26)16-18(27)21-8-14-29-3;/h4-5,13H,6-12,14-16H2,1-3H3,(H,21,27)(H,22,23);1H. The number of hydrogen-bond donors (Lipinski definition) is 2. The summed E-state index contributed by atoms with van der Waals surface area (Å²) in [7, 11) is 5.05. The molecular formula is C20H35IN6O4. The number of amides is 2. The molecule has 176 valence electrons. The third kappa shape index (κ3) is 10.3. The van der Waals surface area contributed by atoms with Gasteiger partial charge in [-0.25, -0.2) is 4.99 Å². The quantitative estimate of drug-likeness (QED) is 0.181. The third-order valence-corrected chi connectivity index (χ3v) is 4.76. The number of aliphatic imine (C=N–C) groups is 1. The van der Waals surface area contributed by atoms with Crippen LogP contribution in [0.15, 0.2) is 27.8 Å². The van der Waals surface area contributed by atoms with Crippen LogP contribution >= 0.6 is 24.0 Å². The molecule has 0 unspecified atom stereocenters. The predicted molar refractivity (Wildman–Crippen MR) is 130 cm³/mol. The van der Waals surface area contributed by atoms with Gasteiger partial charge in [0.05, 0.1) is 19.4 Å². The number of ether oxygens (including phenoxy) is 1. The summed E-state index contributed by atoms with van der Waals surface area (Å²) >= 11 is 0. The molecule has 2 rings (SSSR count). The van der Waals surface area contributed by atoms with E-state index in [1.54, 1.807) is 27.5 Å². The highest BCUT2D eigenvalue weighted by atomic mass is 127. The van der Waals surface area contributed by atoms with E-state index in [9.17, 15) is 9.59 Å². The minimum atomic E-state index is -0.0494. The van der Waals surface area contributed by atoms with Crippen molar-refractivity contribution >= 4 is 41.8 Å². The number of rotatable bonds is 10. The fourth-order valence-electron chi connectivity index (χ4n) is 2.97. The van der Waals surface area contributed by atoms with E-state index in [0.717, 1.165) is 38.4 Å². The normalized spacial score (nSPS) is 14.7. The molecule has 0 bridgehead atoms. The largest absolute Gasteiger partial charge is 0.469 e. The first kappa shape index (κ1) is 27.2. The number of carbonyl (C=O) groups is 2. The molecule has 0 atom stereocenters. The van der Waals surface area contributed by atoms with Gasteiger partial charge in [-0.3, -0.25) is 14.5 Å².